The molecule has 0 amide bonds. The van der Waals surface area contributed by atoms with Crippen molar-refractivity contribution in [1.29, 1.82) is 0 Å². The Morgan fingerprint density at radius 3 is 2.62 bits per heavy atom. The first kappa shape index (κ1) is 22.8. The van der Waals surface area contributed by atoms with Crippen LogP contribution in [0.25, 0.3) is 0 Å². The molecule has 1 saturated carbocycles. The highest BCUT2D eigenvalue weighted by Gasteiger charge is 2.20. The van der Waals surface area contributed by atoms with Gasteiger partial charge in [0, 0.05) is 26.8 Å². The van der Waals surface area contributed by atoms with E-state index in [4.69, 9.17) is 14.2 Å². The molecular weight excluding hydrogens is 445 g/mol. The Balaban J connectivity index is 0.00000338. The number of benzene rings is 1. The van der Waals surface area contributed by atoms with Gasteiger partial charge in [-0.3, -0.25) is 4.99 Å². The summed E-state index contributed by atoms with van der Waals surface area (Å²) < 4.78 is 16.9. The lowest BCUT2D eigenvalue weighted by Gasteiger charge is -2.19. The molecule has 0 heterocycles. The van der Waals surface area contributed by atoms with E-state index in [1.165, 1.54) is 12.8 Å². The Labute approximate surface area is 174 Å². The first-order valence-corrected chi connectivity index (χ1v) is 9.05. The Bertz CT molecular complexity index is 539. The molecule has 0 aromatic heterocycles. The third-order valence-corrected chi connectivity index (χ3v) is 3.99. The van der Waals surface area contributed by atoms with E-state index in [2.05, 4.69) is 15.6 Å². The first-order valence-electron chi connectivity index (χ1n) is 9.05. The molecule has 0 aliphatic heterocycles. The van der Waals surface area contributed by atoms with Crippen molar-refractivity contribution in [2.75, 3.05) is 40.5 Å². The molecule has 7 heteroatoms. The fourth-order valence-corrected chi connectivity index (χ4v) is 2.35. The third kappa shape index (κ3) is 8.93. The molecule has 26 heavy (non-hydrogen) atoms. The summed E-state index contributed by atoms with van der Waals surface area (Å²) in [7, 11) is 3.41. The van der Waals surface area contributed by atoms with Crippen molar-refractivity contribution in [3.63, 3.8) is 0 Å². The Kier molecular flexibility index (Phi) is 11.4. The van der Waals surface area contributed by atoms with Gasteiger partial charge in [0.25, 0.3) is 0 Å². The summed E-state index contributed by atoms with van der Waals surface area (Å²) in [5.74, 6) is 3.09. The number of aliphatic imine (C=N–C) groups is 1. The second-order valence-corrected chi connectivity index (χ2v) is 6.33. The van der Waals surface area contributed by atoms with Crippen LogP contribution in [0.5, 0.6) is 11.5 Å². The maximum Gasteiger partial charge on any atom is 0.191 e. The number of para-hydroxylation sites is 2. The number of hydrogen-bond acceptors (Lipinski definition) is 4. The molecule has 1 fully saturated rings. The van der Waals surface area contributed by atoms with Crippen LogP contribution in [0.15, 0.2) is 29.3 Å². The number of rotatable bonds is 11. The van der Waals surface area contributed by atoms with E-state index >= 15 is 0 Å². The van der Waals surface area contributed by atoms with Gasteiger partial charge in [-0.1, -0.05) is 12.1 Å². The summed E-state index contributed by atoms with van der Waals surface area (Å²) in [5.41, 5.74) is 0. The summed E-state index contributed by atoms with van der Waals surface area (Å²) in [5, 5.41) is 6.57. The highest BCUT2D eigenvalue weighted by Crippen LogP contribution is 2.28. The Hall–Kier alpha value is -1.22. The van der Waals surface area contributed by atoms with Crippen molar-refractivity contribution < 1.29 is 14.2 Å². The van der Waals surface area contributed by atoms with Crippen LogP contribution in [0, 0.1) is 5.92 Å². The lowest BCUT2D eigenvalue weighted by molar-refractivity contribution is 0.123. The molecule has 0 spiro atoms. The van der Waals surface area contributed by atoms with E-state index in [1.807, 2.05) is 31.2 Å². The van der Waals surface area contributed by atoms with Crippen molar-refractivity contribution in [2.45, 2.75) is 32.3 Å². The summed E-state index contributed by atoms with van der Waals surface area (Å²) in [6.07, 6.45) is 3.63. The molecule has 148 valence electrons. The maximum atomic E-state index is 5.93. The van der Waals surface area contributed by atoms with E-state index in [-0.39, 0.29) is 30.1 Å². The van der Waals surface area contributed by atoms with Gasteiger partial charge in [0.15, 0.2) is 17.5 Å². The molecule has 1 aliphatic carbocycles. The number of methoxy groups -OCH3 is 1. The van der Waals surface area contributed by atoms with E-state index in [9.17, 15) is 0 Å². The van der Waals surface area contributed by atoms with E-state index in [0.717, 1.165) is 49.6 Å². The normalized spacial score (nSPS) is 15.0. The van der Waals surface area contributed by atoms with Gasteiger partial charge < -0.3 is 24.8 Å². The van der Waals surface area contributed by atoms with Crippen LogP contribution in [0.1, 0.15) is 26.2 Å². The minimum Gasteiger partial charge on any atom is -0.493 e. The molecule has 0 bridgehead atoms. The lowest BCUT2D eigenvalue weighted by Crippen LogP contribution is -2.42. The van der Waals surface area contributed by atoms with Crippen molar-refractivity contribution in [2.24, 2.45) is 10.9 Å². The van der Waals surface area contributed by atoms with Crippen molar-refractivity contribution in [3.8, 4) is 11.5 Å². The zero-order valence-electron chi connectivity index (χ0n) is 16.0. The molecular formula is C19H32IN3O3. The quantitative estimate of drug-likeness (QED) is 0.222. The molecule has 1 unspecified atom stereocenters. The molecule has 2 N–H and O–H groups in total. The van der Waals surface area contributed by atoms with Crippen molar-refractivity contribution in [1.82, 2.24) is 10.6 Å². The van der Waals surface area contributed by atoms with E-state index in [0.29, 0.717) is 6.54 Å². The zero-order chi connectivity index (χ0) is 17.9. The van der Waals surface area contributed by atoms with Gasteiger partial charge in [0.1, 0.15) is 6.10 Å². The van der Waals surface area contributed by atoms with Gasteiger partial charge in [0.05, 0.1) is 13.7 Å². The molecule has 0 radical (unpaired) electrons. The Morgan fingerprint density at radius 1 is 1.23 bits per heavy atom. The number of ether oxygens (including phenoxy) is 3. The minimum atomic E-state index is -0.0169. The molecule has 0 saturated heterocycles. The zero-order valence-corrected chi connectivity index (χ0v) is 18.3. The predicted octanol–water partition coefficient (Wildman–Crippen LogP) is 3.06. The average Bonchev–Trinajstić information content (AvgIpc) is 3.45. The number of halogens is 1. The average molecular weight is 477 g/mol. The van der Waals surface area contributed by atoms with Crippen LogP contribution in [0.2, 0.25) is 0 Å². The molecule has 1 aromatic carbocycles. The van der Waals surface area contributed by atoms with Gasteiger partial charge >= 0.3 is 0 Å². The van der Waals surface area contributed by atoms with E-state index < -0.39 is 0 Å². The van der Waals surface area contributed by atoms with Crippen LogP contribution < -0.4 is 20.1 Å². The van der Waals surface area contributed by atoms with Gasteiger partial charge in [0.2, 0.25) is 0 Å². The predicted molar refractivity (Wildman–Crippen MR) is 116 cm³/mol. The topological polar surface area (TPSA) is 64.1 Å². The smallest absolute Gasteiger partial charge is 0.191 e. The summed E-state index contributed by atoms with van der Waals surface area (Å²) in [4.78, 5) is 4.23. The number of nitrogens with one attached hydrogen (secondary N) is 2. The standard InChI is InChI=1S/C19H31N3O3.HI/c1-15(25-18-8-5-4-7-17(18)23-3)13-22-19(20-2)21-11-6-12-24-14-16-9-10-16;/h4-5,7-8,15-16H,6,9-14H2,1-3H3,(H2,20,21,22);1H. The number of guanidine groups is 1. The minimum absolute atomic E-state index is 0. The fourth-order valence-electron chi connectivity index (χ4n) is 2.35. The van der Waals surface area contributed by atoms with Gasteiger partial charge in [-0.2, -0.15) is 0 Å². The summed E-state index contributed by atoms with van der Waals surface area (Å²) in [6.45, 7) is 5.22. The summed E-state index contributed by atoms with van der Waals surface area (Å²) >= 11 is 0. The first-order chi connectivity index (χ1) is 12.2. The third-order valence-electron chi connectivity index (χ3n) is 3.99. The van der Waals surface area contributed by atoms with Gasteiger partial charge in [-0.25, -0.2) is 0 Å². The fraction of sp³-hybridized carbons (Fsp3) is 0.632. The maximum absolute atomic E-state index is 5.93. The van der Waals surface area contributed by atoms with Crippen LogP contribution >= 0.6 is 24.0 Å². The monoisotopic (exact) mass is 477 g/mol. The number of nitrogens with zero attached hydrogens (tertiary/aromatic N) is 1. The molecule has 2 rings (SSSR count). The largest absolute Gasteiger partial charge is 0.493 e. The molecule has 1 aliphatic rings. The number of hydrogen-bond donors (Lipinski definition) is 2. The van der Waals surface area contributed by atoms with Crippen LogP contribution in [-0.2, 0) is 4.74 Å². The van der Waals surface area contributed by atoms with Crippen LogP contribution in [-0.4, -0.2) is 52.5 Å². The van der Waals surface area contributed by atoms with Crippen molar-refractivity contribution >= 4 is 29.9 Å². The van der Waals surface area contributed by atoms with Crippen molar-refractivity contribution in [3.05, 3.63) is 24.3 Å². The molecule has 1 atom stereocenters. The second kappa shape index (κ2) is 13.0. The highest BCUT2D eigenvalue weighted by molar-refractivity contribution is 14.0. The highest BCUT2D eigenvalue weighted by atomic mass is 127. The Morgan fingerprint density at radius 2 is 1.96 bits per heavy atom. The van der Waals surface area contributed by atoms with Crippen LogP contribution in [0.3, 0.4) is 0 Å². The van der Waals surface area contributed by atoms with Gasteiger partial charge in [-0.15, -0.1) is 24.0 Å². The molecule has 6 nitrogen and oxygen atoms in total. The van der Waals surface area contributed by atoms with Gasteiger partial charge in [-0.05, 0) is 44.2 Å². The van der Waals surface area contributed by atoms with E-state index in [1.54, 1.807) is 14.2 Å². The molecule has 1 aromatic rings. The second-order valence-electron chi connectivity index (χ2n) is 6.33. The summed E-state index contributed by atoms with van der Waals surface area (Å²) in [6, 6.07) is 7.66. The SMILES string of the molecule is CN=C(NCCCOCC1CC1)NCC(C)Oc1ccccc1OC.I. The lowest BCUT2D eigenvalue weighted by atomic mass is 10.3. The van der Waals surface area contributed by atoms with Crippen LogP contribution in [0.4, 0.5) is 0 Å².